The van der Waals surface area contributed by atoms with Crippen molar-refractivity contribution in [3.05, 3.63) is 101 Å². The first-order valence-corrected chi connectivity index (χ1v) is 12.0. The van der Waals surface area contributed by atoms with Gasteiger partial charge in [-0.25, -0.2) is 18.2 Å². The Morgan fingerprint density at radius 2 is 1.64 bits per heavy atom. The number of amidine groups is 1. The minimum Gasteiger partial charge on any atom is -0.324 e. The normalized spacial score (nSPS) is 19.3. The maximum Gasteiger partial charge on any atom is 0.262 e. The summed E-state index contributed by atoms with van der Waals surface area (Å²) in [7, 11) is 0. The molecule has 2 amide bonds. The van der Waals surface area contributed by atoms with Gasteiger partial charge in [-0.3, -0.25) is 9.59 Å². The highest BCUT2D eigenvalue weighted by atomic mass is 32.2. The van der Waals surface area contributed by atoms with E-state index in [0.717, 1.165) is 17.3 Å². The number of hydrazone groups is 1. The maximum absolute atomic E-state index is 13.9. The Labute approximate surface area is 208 Å². The molecule has 0 bridgehead atoms. The summed E-state index contributed by atoms with van der Waals surface area (Å²) < 4.78 is 40.8. The number of amides is 2. The number of halogens is 3. The average Bonchev–Trinajstić information content (AvgIpc) is 3.45. The molecule has 1 N–H and O–H groups in total. The second-order valence-electron chi connectivity index (χ2n) is 8.24. The second-order valence-corrected chi connectivity index (χ2v) is 9.41. The van der Waals surface area contributed by atoms with Gasteiger partial charge in [-0.1, -0.05) is 48.2 Å². The van der Waals surface area contributed by atoms with E-state index in [4.69, 9.17) is 0 Å². The molecule has 0 saturated heterocycles. The zero-order valence-electron chi connectivity index (χ0n) is 18.7. The van der Waals surface area contributed by atoms with Crippen molar-refractivity contribution in [3.63, 3.8) is 0 Å². The van der Waals surface area contributed by atoms with Gasteiger partial charge in [0.1, 0.15) is 22.7 Å². The molecule has 2 aliphatic heterocycles. The number of thioether (sulfide) groups is 1. The predicted molar refractivity (Wildman–Crippen MR) is 132 cm³/mol. The minimum atomic E-state index is -0.800. The predicted octanol–water partition coefficient (Wildman–Crippen LogP) is 5.28. The second kappa shape index (κ2) is 9.98. The van der Waals surface area contributed by atoms with Gasteiger partial charge in [-0.15, -0.1) is 0 Å². The van der Waals surface area contributed by atoms with Gasteiger partial charge in [0, 0.05) is 12.8 Å². The standard InChI is InChI=1S/C26H19F3N4O2S/c27-17-9-5-15(6-10-17)21-13-22(16-7-11-18(28)12-8-16)33(32-21)26-31-25(35)23(36-26)14-24(34)30-20-4-2-1-3-19(20)29/h1-12,22-23H,13-14H2,(H,30,34)/t22-,23-/m1/s1. The largest absolute Gasteiger partial charge is 0.324 e. The molecule has 0 unspecified atom stereocenters. The lowest BCUT2D eigenvalue weighted by Gasteiger charge is -2.23. The van der Waals surface area contributed by atoms with Crippen LogP contribution in [-0.2, 0) is 9.59 Å². The van der Waals surface area contributed by atoms with Gasteiger partial charge in [-0.2, -0.15) is 10.1 Å². The lowest BCUT2D eigenvalue weighted by atomic mass is 9.98. The van der Waals surface area contributed by atoms with E-state index >= 15 is 0 Å². The van der Waals surface area contributed by atoms with Gasteiger partial charge in [-0.05, 0) is 47.5 Å². The Morgan fingerprint density at radius 3 is 2.33 bits per heavy atom. The van der Waals surface area contributed by atoms with Crippen molar-refractivity contribution in [2.75, 3.05) is 5.32 Å². The Balaban J connectivity index is 1.36. The van der Waals surface area contributed by atoms with Crippen molar-refractivity contribution in [2.45, 2.75) is 24.1 Å². The SMILES string of the molecule is O=C(C[C@H]1SC(N2N=C(c3ccc(F)cc3)C[C@@H]2c2ccc(F)cc2)=NC1=O)Nc1ccccc1F. The fourth-order valence-corrected chi connectivity index (χ4v) is 5.05. The summed E-state index contributed by atoms with van der Waals surface area (Å²) in [4.78, 5) is 29.3. The minimum absolute atomic E-state index is 0.0311. The molecule has 10 heteroatoms. The van der Waals surface area contributed by atoms with Crippen LogP contribution in [0.4, 0.5) is 18.9 Å². The highest BCUT2D eigenvalue weighted by Crippen LogP contribution is 2.38. The average molecular weight is 509 g/mol. The number of benzene rings is 3. The van der Waals surface area contributed by atoms with Crippen LogP contribution in [0, 0.1) is 17.5 Å². The topological polar surface area (TPSA) is 74.1 Å². The Hall–Kier alpha value is -3.92. The molecule has 2 heterocycles. The number of hydrogen-bond donors (Lipinski definition) is 1. The quantitative estimate of drug-likeness (QED) is 0.509. The Kier molecular flexibility index (Phi) is 6.60. The van der Waals surface area contributed by atoms with E-state index in [2.05, 4.69) is 15.4 Å². The molecular weight excluding hydrogens is 489 g/mol. The fourth-order valence-electron chi connectivity index (χ4n) is 3.98. The van der Waals surface area contributed by atoms with E-state index in [1.54, 1.807) is 35.3 Å². The van der Waals surface area contributed by atoms with Crippen LogP contribution in [-0.4, -0.2) is 33.0 Å². The number of nitrogens with one attached hydrogen (secondary N) is 1. The fraction of sp³-hybridized carbons (Fsp3) is 0.154. The van der Waals surface area contributed by atoms with Crippen LogP contribution in [0.2, 0.25) is 0 Å². The third kappa shape index (κ3) is 5.03. The van der Waals surface area contributed by atoms with E-state index in [1.807, 2.05) is 0 Å². The van der Waals surface area contributed by atoms with Crippen molar-refractivity contribution in [1.82, 2.24) is 5.01 Å². The number of para-hydroxylation sites is 1. The van der Waals surface area contributed by atoms with Gasteiger partial charge < -0.3 is 5.32 Å². The number of rotatable bonds is 5. The zero-order chi connectivity index (χ0) is 25.2. The van der Waals surface area contributed by atoms with Crippen molar-refractivity contribution in [3.8, 4) is 0 Å². The van der Waals surface area contributed by atoms with Gasteiger partial charge in [0.25, 0.3) is 5.91 Å². The molecule has 0 aliphatic carbocycles. The van der Waals surface area contributed by atoms with E-state index in [9.17, 15) is 22.8 Å². The van der Waals surface area contributed by atoms with Crippen molar-refractivity contribution < 1.29 is 22.8 Å². The summed E-state index contributed by atoms with van der Waals surface area (Å²) in [6, 6.07) is 17.2. The smallest absolute Gasteiger partial charge is 0.262 e. The highest BCUT2D eigenvalue weighted by molar-refractivity contribution is 8.15. The van der Waals surface area contributed by atoms with Crippen molar-refractivity contribution >= 4 is 40.1 Å². The first-order valence-electron chi connectivity index (χ1n) is 11.1. The third-order valence-electron chi connectivity index (χ3n) is 5.79. The molecular formula is C26H19F3N4O2S. The molecule has 0 radical (unpaired) electrons. The van der Waals surface area contributed by atoms with Crippen LogP contribution < -0.4 is 5.32 Å². The monoisotopic (exact) mass is 508 g/mol. The molecule has 0 fully saturated rings. The highest BCUT2D eigenvalue weighted by Gasteiger charge is 2.39. The molecule has 182 valence electrons. The van der Waals surface area contributed by atoms with E-state index in [-0.39, 0.29) is 29.8 Å². The van der Waals surface area contributed by atoms with Crippen LogP contribution in [0.3, 0.4) is 0 Å². The summed E-state index contributed by atoms with van der Waals surface area (Å²) >= 11 is 1.09. The van der Waals surface area contributed by atoms with Gasteiger partial charge in [0.2, 0.25) is 5.91 Å². The molecule has 0 spiro atoms. The number of carbonyl (C=O) groups excluding carboxylic acids is 2. The molecule has 6 nitrogen and oxygen atoms in total. The van der Waals surface area contributed by atoms with E-state index in [0.29, 0.717) is 22.9 Å². The summed E-state index contributed by atoms with van der Waals surface area (Å²) in [6.45, 7) is 0. The molecule has 5 rings (SSSR count). The number of carbonyl (C=O) groups is 2. The molecule has 36 heavy (non-hydrogen) atoms. The van der Waals surface area contributed by atoms with Crippen molar-refractivity contribution in [2.24, 2.45) is 10.1 Å². The van der Waals surface area contributed by atoms with Crippen LogP contribution >= 0.6 is 11.8 Å². The van der Waals surface area contributed by atoms with Crippen LogP contribution in [0.15, 0.2) is 82.9 Å². The van der Waals surface area contributed by atoms with Crippen LogP contribution in [0.5, 0.6) is 0 Å². The number of hydrogen-bond acceptors (Lipinski definition) is 5. The number of anilines is 1. The third-order valence-corrected chi connectivity index (χ3v) is 6.93. The first-order chi connectivity index (χ1) is 17.4. The Morgan fingerprint density at radius 1 is 0.972 bits per heavy atom. The van der Waals surface area contributed by atoms with Gasteiger partial charge >= 0.3 is 0 Å². The summed E-state index contributed by atoms with van der Waals surface area (Å²) in [6.07, 6.45) is 0.220. The lowest BCUT2D eigenvalue weighted by molar-refractivity contribution is -0.121. The van der Waals surface area contributed by atoms with Gasteiger partial charge in [0.15, 0.2) is 5.17 Å². The summed E-state index contributed by atoms with van der Waals surface area (Å²) in [5.74, 6) is -2.35. The van der Waals surface area contributed by atoms with E-state index < -0.39 is 22.9 Å². The Bertz CT molecular complexity index is 1380. The molecule has 2 aliphatic rings. The molecule has 3 aromatic carbocycles. The first kappa shape index (κ1) is 23.8. The molecule has 0 aromatic heterocycles. The molecule has 2 atom stereocenters. The lowest BCUT2D eigenvalue weighted by Crippen LogP contribution is -2.25. The maximum atomic E-state index is 13.9. The number of nitrogens with zero attached hydrogens (tertiary/aromatic N) is 3. The van der Waals surface area contributed by atoms with E-state index in [1.165, 1.54) is 42.5 Å². The summed E-state index contributed by atoms with van der Waals surface area (Å²) in [5.41, 5.74) is 2.15. The van der Waals surface area contributed by atoms with Crippen LogP contribution in [0.1, 0.15) is 30.0 Å². The number of aliphatic imine (C=N–C) groups is 1. The molecule has 3 aromatic rings. The van der Waals surface area contributed by atoms with Gasteiger partial charge in [0.05, 0.1) is 17.4 Å². The summed E-state index contributed by atoms with van der Waals surface area (Å²) in [5, 5.41) is 8.22. The molecule has 0 saturated carbocycles. The van der Waals surface area contributed by atoms with Crippen LogP contribution in [0.25, 0.3) is 0 Å². The van der Waals surface area contributed by atoms with Crippen molar-refractivity contribution in [1.29, 1.82) is 0 Å². The zero-order valence-corrected chi connectivity index (χ0v) is 19.5.